The Labute approximate surface area is 74.5 Å². The van der Waals surface area contributed by atoms with Crippen molar-refractivity contribution in [2.24, 2.45) is 0 Å². The van der Waals surface area contributed by atoms with E-state index in [1.165, 1.54) is 14.0 Å². The second kappa shape index (κ2) is 3.38. The quantitative estimate of drug-likeness (QED) is 0.565. The third kappa shape index (κ3) is 1.58. The normalized spacial score (nSPS) is 9.77. The van der Waals surface area contributed by atoms with Crippen LogP contribution >= 0.6 is 0 Å². The zero-order valence-corrected chi connectivity index (χ0v) is 7.30. The summed E-state index contributed by atoms with van der Waals surface area (Å²) in [6, 6.07) is 2.24. The zero-order valence-electron chi connectivity index (χ0n) is 7.30. The SMILES string of the molecule is CNc1c([N+](=O)[O-])ccc(F)c1C. The van der Waals surface area contributed by atoms with Gasteiger partial charge in [-0.2, -0.15) is 0 Å². The molecule has 0 aliphatic carbocycles. The molecular formula is C8H9FN2O2. The van der Waals surface area contributed by atoms with E-state index in [0.29, 0.717) is 0 Å². The van der Waals surface area contributed by atoms with Gasteiger partial charge in [0.2, 0.25) is 0 Å². The summed E-state index contributed by atoms with van der Waals surface area (Å²) in [5.74, 6) is -0.449. The molecule has 0 bridgehead atoms. The molecule has 13 heavy (non-hydrogen) atoms. The van der Waals surface area contributed by atoms with Gasteiger partial charge in [-0.25, -0.2) is 4.39 Å². The van der Waals surface area contributed by atoms with Crippen molar-refractivity contribution in [3.63, 3.8) is 0 Å². The molecule has 4 nitrogen and oxygen atoms in total. The molecule has 0 saturated heterocycles. The molecule has 1 rings (SSSR count). The summed E-state index contributed by atoms with van der Waals surface area (Å²) >= 11 is 0. The van der Waals surface area contributed by atoms with Crippen LogP contribution in [0.5, 0.6) is 0 Å². The predicted molar refractivity (Wildman–Crippen MR) is 47.3 cm³/mol. The molecule has 0 aliphatic rings. The van der Waals surface area contributed by atoms with E-state index in [2.05, 4.69) is 5.32 Å². The van der Waals surface area contributed by atoms with E-state index in [1.807, 2.05) is 0 Å². The van der Waals surface area contributed by atoms with Crippen LogP contribution in [0, 0.1) is 22.9 Å². The second-order valence-corrected chi connectivity index (χ2v) is 2.57. The molecule has 0 radical (unpaired) electrons. The minimum Gasteiger partial charge on any atom is -0.382 e. The standard InChI is InChI=1S/C8H9FN2O2/c1-5-6(9)3-4-7(11(12)13)8(5)10-2/h3-4,10H,1-2H3. The van der Waals surface area contributed by atoms with Crippen LogP contribution < -0.4 is 5.32 Å². The van der Waals surface area contributed by atoms with Gasteiger partial charge in [-0.3, -0.25) is 10.1 Å². The van der Waals surface area contributed by atoms with Crippen molar-refractivity contribution in [1.29, 1.82) is 0 Å². The van der Waals surface area contributed by atoms with Gasteiger partial charge in [0.05, 0.1) is 4.92 Å². The van der Waals surface area contributed by atoms with Gasteiger partial charge in [0, 0.05) is 18.7 Å². The van der Waals surface area contributed by atoms with Crippen molar-refractivity contribution >= 4 is 11.4 Å². The molecule has 0 atom stereocenters. The van der Waals surface area contributed by atoms with Gasteiger partial charge in [-0.15, -0.1) is 0 Å². The molecule has 1 aromatic rings. The highest BCUT2D eigenvalue weighted by atomic mass is 19.1. The van der Waals surface area contributed by atoms with E-state index in [4.69, 9.17) is 0 Å². The first-order valence-corrected chi connectivity index (χ1v) is 3.69. The van der Waals surface area contributed by atoms with Crippen LogP contribution in [0.3, 0.4) is 0 Å². The van der Waals surface area contributed by atoms with Crippen LogP contribution in [0.4, 0.5) is 15.8 Å². The minimum atomic E-state index is -0.543. The third-order valence-corrected chi connectivity index (χ3v) is 1.82. The molecule has 0 unspecified atom stereocenters. The topological polar surface area (TPSA) is 55.2 Å². The first kappa shape index (κ1) is 9.44. The minimum absolute atomic E-state index is 0.110. The first-order valence-electron chi connectivity index (χ1n) is 3.69. The summed E-state index contributed by atoms with van der Waals surface area (Å²) in [6.07, 6.45) is 0. The summed E-state index contributed by atoms with van der Waals surface area (Å²) < 4.78 is 12.9. The fourth-order valence-electron chi connectivity index (χ4n) is 1.14. The van der Waals surface area contributed by atoms with Crippen molar-refractivity contribution in [2.75, 3.05) is 12.4 Å². The summed E-state index contributed by atoms with van der Waals surface area (Å²) in [4.78, 5) is 9.94. The Kier molecular flexibility index (Phi) is 2.46. The van der Waals surface area contributed by atoms with Crippen molar-refractivity contribution in [3.05, 3.63) is 33.6 Å². The highest BCUT2D eigenvalue weighted by Gasteiger charge is 2.16. The Morgan fingerprint density at radius 3 is 2.62 bits per heavy atom. The van der Waals surface area contributed by atoms with Gasteiger partial charge in [0.1, 0.15) is 11.5 Å². The number of benzene rings is 1. The van der Waals surface area contributed by atoms with E-state index in [9.17, 15) is 14.5 Å². The van der Waals surface area contributed by atoms with Crippen LogP contribution in [-0.2, 0) is 0 Å². The van der Waals surface area contributed by atoms with Gasteiger partial charge in [0.15, 0.2) is 0 Å². The number of rotatable bonds is 2. The van der Waals surface area contributed by atoms with Crippen LogP contribution in [0.25, 0.3) is 0 Å². The van der Waals surface area contributed by atoms with Gasteiger partial charge < -0.3 is 5.32 Å². The lowest BCUT2D eigenvalue weighted by molar-refractivity contribution is -0.384. The van der Waals surface area contributed by atoms with Crippen molar-refractivity contribution in [2.45, 2.75) is 6.92 Å². The Morgan fingerprint density at radius 1 is 1.54 bits per heavy atom. The molecule has 0 amide bonds. The van der Waals surface area contributed by atoms with E-state index >= 15 is 0 Å². The van der Waals surface area contributed by atoms with Crippen molar-refractivity contribution in [3.8, 4) is 0 Å². The lowest BCUT2D eigenvalue weighted by Crippen LogP contribution is -2.00. The average Bonchev–Trinajstić information content (AvgIpc) is 2.09. The highest BCUT2D eigenvalue weighted by Crippen LogP contribution is 2.28. The maximum absolute atomic E-state index is 12.9. The number of hydrogen-bond donors (Lipinski definition) is 1. The molecule has 0 fully saturated rings. The molecule has 1 N–H and O–H groups in total. The van der Waals surface area contributed by atoms with Crippen molar-refractivity contribution < 1.29 is 9.31 Å². The largest absolute Gasteiger partial charge is 0.382 e. The van der Waals surface area contributed by atoms with Crippen molar-refractivity contribution in [1.82, 2.24) is 0 Å². The number of nitrogens with one attached hydrogen (secondary N) is 1. The molecule has 0 aromatic heterocycles. The molecule has 5 heteroatoms. The summed E-state index contributed by atoms with van der Waals surface area (Å²) in [5, 5.41) is 13.1. The van der Waals surface area contributed by atoms with Crippen LogP contribution in [-0.4, -0.2) is 12.0 Å². The highest BCUT2D eigenvalue weighted by molar-refractivity contribution is 5.65. The number of nitrogens with zero attached hydrogens (tertiary/aromatic N) is 1. The Balaban J connectivity index is 3.38. The molecule has 0 aliphatic heterocycles. The van der Waals surface area contributed by atoms with E-state index in [-0.39, 0.29) is 16.9 Å². The molecule has 0 spiro atoms. The lowest BCUT2D eigenvalue weighted by atomic mass is 10.1. The van der Waals surface area contributed by atoms with E-state index in [0.717, 1.165) is 12.1 Å². The van der Waals surface area contributed by atoms with Crippen LogP contribution in [0.1, 0.15) is 5.56 Å². The summed E-state index contributed by atoms with van der Waals surface area (Å²) in [5.41, 5.74) is 0.378. The molecule has 0 heterocycles. The maximum Gasteiger partial charge on any atom is 0.292 e. The van der Waals surface area contributed by atoms with Gasteiger partial charge in [0.25, 0.3) is 5.69 Å². The lowest BCUT2D eigenvalue weighted by Gasteiger charge is -2.05. The monoisotopic (exact) mass is 184 g/mol. The molecule has 1 aromatic carbocycles. The van der Waals surface area contributed by atoms with E-state index in [1.54, 1.807) is 0 Å². The van der Waals surface area contributed by atoms with Gasteiger partial charge >= 0.3 is 0 Å². The number of halogens is 1. The van der Waals surface area contributed by atoms with Gasteiger partial charge in [-0.05, 0) is 13.0 Å². The van der Waals surface area contributed by atoms with E-state index < -0.39 is 10.7 Å². The number of nitro groups is 1. The molecular weight excluding hydrogens is 175 g/mol. The molecule has 70 valence electrons. The Hall–Kier alpha value is -1.65. The third-order valence-electron chi connectivity index (χ3n) is 1.82. The fourth-order valence-corrected chi connectivity index (χ4v) is 1.14. The Bertz CT molecular complexity index is 352. The predicted octanol–water partition coefficient (Wildman–Crippen LogP) is 2.08. The summed E-state index contributed by atoms with van der Waals surface area (Å²) in [6.45, 7) is 1.49. The second-order valence-electron chi connectivity index (χ2n) is 2.57. The number of nitro benzene ring substituents is 1. The molecule has 0 saturated carbocycles. The Morgan fingerprint density at radius 2 is 2.15 bits per heavy atom. The average molecular weight is 184 g/mol. The zero-order chi connectivity index (χ0) is 10.0. The maximum atomic E-state index is 12.9. The fraction of sp³-hybridized carbons (Fsp3) is 0.250. The van der Waals surface area contributed by atoms with Crippen LogP contribution in [0.2, 0.25) is 0 Å². The first-order chi connectivity index (χ1) is 6.07. The van der Waals surface area contributed by atoms with Gasteiger partial charge in [-0.1, -0.05) is 0 Å². The van der Waals surface area contributed by atoms with Crippen LogP contribution in [0.15, 0.2) is 12.1 Å². The smallest absolute Gasteiger partial charge is 0.292 e. The number of hydrogen-bond acceptors (Lipinski definition) is 3. The summed E-state index contributed by atoms with van der Waals surface area (Å²) in [7, 11) is 1.52. The number of anilines is 1.